The van der Waals surface area contributed by atoms with Crippen LogP contribution < -0.4 is 11.1 Å². The monoisotopic (exact) mass is 255 g/mol. The number of aryl methyl sites for hydroxylation is 1. The summed E-state index contributed by atoms with van der Waals surface area (Å²) in [5, 5.41) is 6.74. The Morgan fingerprint density at radius 1 is 1.61 bits per heavy atom. The third-order valence-electron chi connectivity index (χ3n) is 2.64. The summed E-state index contributed by atoms with van der Waals surface area (Å²) in [6, 6.07) is 0. The molecule has 0 radical (unpaired) electrons. The van der Waals surface area contributed by atoms with E-state index in [-0.39, 0.29) is 5.91 Å². The normalized spacial score (nSPS) is 10.9. The maximum atomic E-state index is 11.8. The van der Waals surface area contributed by atoms with E-state index in [0.29, 0.717) is 24.5 Å². The summed E-state index contributed by atoms with van der Waals surface area (Å²) in [5.74, 6) is -0.201. The van der Waals surface area contributed by atoms with E-state index in [1.807, 2.05) is 7.05 Å². The van der Waals surface area contributed by atoms with Gasteiger partial charge in [-0.3, -0.25) is 9.48 Å². The second kappa shape index (κ2) is 6.97. The molecule has 0 bridgehead atoms. The topological polar surface area (TPSA) is 85.4 Å². The molecule has 0 aliphatic heterocycles. The number of carbonyl (C=O) groups is 1. The van der Waals surface area contributed by atoms with Crippen LogP contribution in [-0.4, -0.2) is 61.0 Å². The van der Waals surface area contributed by atoms with E-state index >= 15 is 0 Å². The van der Waals surface area contributed by atoms with Crippen LogP contribution in [-0.2, 0) is 11.8 Å². The first-order valence-corrected chi connectivity index (χ1v) is 5.79. The number of carbonyl (C=O) groups excluding carboxylic acids is 1. The van der Waals surface area contributed by atoms with Crippen molar-refractivity contribution < 1.29 is 9.53 Å². The zero-order valence-electron chi connectivity index (χ0n) is 11.1. The maximum Gasteiger partial charge on any atom is 0.271 e. The molecule has 3 N–H and O–H groups in total. The molecule has 18 heavy (non-hydrogen) atoms. The predicted molar refractivity (Wildman–Crippen MR) is 69.3 cm³/mol. The molecular weight excluding hydrogens is 234 g/mol. The smallest absolute Gasteiger partial charge is 0.271 e. The zero-order valence-corrected chi connectivity index (χ0v) is 11.1. The van der Waals surface area contributed by atoms with Gasteiger partial charge in [-0.2, -0.15) is 5.10 Å². The molecule has 7 nitrogen and oxygen atoms in total. The largest absolute Gasteiger partial charge is 0.396 e. The fraction of sp³-hybridized carbons (Fsp3) is 0.636. The Kier molecular flexibility index (Phi) is 5.60. The van der Waals surface area contributed by atoms with Gasteiger partial charge >= 0.3 is 0 Å². The molecule has 102 valence electrons. The number of hydrogen-bond acceptors (Lipinski definition) is 5. The van der Waals surface area contributed by atoms with Crippen LogP contribution in [0.15, 0.2) is 6.20 Å². The lowest BCUT2D eigenvalue weighted by atomic mass is 10.3. The van der Waals surface area contributed by atoms with Gasteiger partial charge in [0.15, 0.2) is 0 Å². The Bertz CT molecular complexity index is 371. The quantitative estimate of drug-likeness (QED) is 0.673. The van der Waals surface area contributed by atoms with Crippen molar-refractivity contribution in [2.45, 2.75) is 0 Å². The fourth-order valence-corrected chi connectivity index (χ4v) is 1.54. The number of anilines is 1. The van der Waals surface area contributed by atoms with Crippen LogP contribution in [0.4, 0.5) is 5.69 Å². The summed E-state index contributed by atoms with van der Waals surface area (Å²) >= 11 is 0. The van der Waals surface area contributed by atoms with Crippen LogP contribution in [0.2, 0.25) is 0 Å². The average molecular weight is 255 g/mol. The first-order valence-electron chi connectivity index (χ1n) is 5.79. The maximum absolute atomic E-state index is 11.8. The van der Waals surface area contributed by atoms with Gasteiger partial charge < -0.3 is 20.7 Å². The van der Waals surface area contributed by atoms with Crippen LogP contribution >= 0.6 is 0 Å². The third kappa shape index (κ3) is 4.01. The molecule has 0 aliphatic rings. The molecule has 0 aliphatic carbocycles. The van der Waals surface area contributed by atoms with Crippen molar-refractivity contribution in [2.24, 2.45) is 7.05 Å². The number of methoxy groups -OCH3 is 1. The second-order valence-corrected chi connectivity index (χ2v) is 4.12. The van der Waals surface area contributed by atoms with Gasteiger partial charge in [-0.1, -0.05) is 0 Å². The summed E-state index contributed by atoms with van der Waals surface area (Å²) in [6.45, 7) is 2.83. The van der Waals surface area contributed by atoms with E-state index in [1.54, 1.807) is 14.2 Å². The Morgan fingerprint density at radius 3 is 2.89 bits per heavy atom. The Labute approximate surface area is 107 Å². The van der Waals surface area contributed by atoms with Crippen LogP contribution in [0.5, 0.6) is 0 Å². The molecule has 1 rings (SSSR count). The molecule has 1 aromatic rings. The standard InChI is InChI=1S/C11H21N5O2/c1-15(6-7-18-3)5-4-13-11(17)10-9(12)8-14-16(10)2/h8H,4-7,12H2,1-3H3,(H,13,17). The van der Waals surface area contributed by atoms with Crippen molar-refractivity contribution in [3.05, 3.63) is 11.9 Å². The second-order valence-electron chi connectivity index (χ2n) is 4.12. The first-order chi connectivity index (χ1) is 8.56. The molecule has 0 atom stereocenters. The SMILES string of the molecule is COCCN(C)CCNC(=O)c1c(N)cnn1C. The van der Waals surface area contributed by atoms with Gasteiger partial charge in [-0.25, -0.2) is 0 Å². The molecule has 0 fully saturated rings. The first kappa shape index (κ1) is 14.5. The van der Waals surface area contributed by atoms with Crippen LogP contribution in [0.25, 0.3) is 0 Å². The van der Waals surface area contributed by atoms with Crippen molar-refractivity contribution in [3.8, 4) is 0 Å². The van der Waals surface area contributed by atoms with Crippen LogP contribution in [0.1, 0.15) is 10.5 Å². The Hall–Kier alpha value is -1.60. The summed E-state index contributed by atoms with van der Waals surface area (Å²) in [5.41, 5.74) is 6.46. The molecule has 1 heterocycles. The molecule has 0 aromatic carbocycles. The van der Waals surface area contributed by atoms with Crippen molar-refractivity contribution in [3.63, 3.8) is 0 Å². The average Bonchev–Trinajstić information content (AvgIpc) is 2.66. The number of nitrogen functional groups attached to an aromatic ring is 1. The molecule has 1 amide bonds. The van der Waals surface area contributed by atoms with Crippen molar-refractivity contribution in [2.75, 3.05) is 46.1 Å². The minimum Gasteiger partial charge on any atom is -0.396 e. The Balaban J connectivity index is 2.34. The minimum atomic E-state index is -0.201. The summed E-state index contributed by atoms with van der Waals surface area (Å²) in [7, 11) is 5.33. The van der Waals surface area contributed by atoms with Crippen LogP contribution in [0, 0.1) is 0 Å². The third-order valence-corrected chi connectivity index (χ3v) is 2.64. The molecule has 0 spiro atoms. The van der Waals surface area contributed by atoms with E-state index in [0.717, 1.165) is 13.1 Å². The van der Waals surface area contributed by atoms with Gasteiger partial charge in [0.25, 0.3) is 5.91 Å². The molecule has 1 aromatic heterocycles. The van der Waals surface area contributed by atoms with Crippen molar-refractivity contribution in [1.29, 1.82) is 0 Å². The molecule has 0 saturated carbocycles. The summed E-state index contributed by atoms with van der Waals surface area (Å²) < 4.78 is 6.44. The lowest BCUT2D eigenvalue weighted by molar-refractivity contribution is 0.0939. The van der Waals surface area contributed by atoms with Gasteiger partial charge in [0.1, 0.15) is 5.69 Å². The van der Waals surface area contributed by atoms with Gasteiger partial charge in [0.05, 0.1) is 18.5 Å². The molecule has 0 unspecified atom stereocenters. The number of ether oxygens (including phenoxy) is 1. The minimum absolute atomic E-state index is 0.201. The molecular formula is C11H21N5O2. The fourth-order valence-electron chi connectivity index (χ4n) is 1.54. The number of amides is 1. The Morgan fingerprint density at radius 2 is 2.33 bits per heavy atom. The van der Waals surface area contributed by atoms with Gasteiger partial charge in [-0.15, -0.1) is 0 Å². The van der Waals surface area contributed by atoms with E-state index in [9.17, 15) is 4.79 Å². The van der Waals surface area contributed by atoms with Crippen molar-refractivity contribution in [1.82, 2.24) is 20.0 Å². The number of nitrogens with one attached hydrogen (secondary N) is 1. The molecule has 7 heteroatoms. The highest BCUT2D eigenvalue weighted by Crippen LogP contribution is 2.08. The lowest BCUT2D eigenvalue weighted by Gasteiger charge is -2.16. The summed E-state index contributed by atoms with van der Waals surface area (Å²) in [6.07, 6.45) is 1.47. The van der Waals surface area contributed by atoms with E-state index in [1.165, 1.54) is 10.9 Å². The van der Waals surface area contributed by atoms with Gasteiger partial charge in [0.2, 0.25) is 0 Å². The highest BCUT2D eigenvalue weighted by atomic mass is 16.5. The van der Waals surface area contributed by atoms with Crippen LogP contribution in [0.3, 0.4) is 0 Å². The number of hydrogen-bond donors (Lipinski definition) is 2. The van der Waals surface area contributed by atoms with E-state index in [2.05, 4.69) is 15.3 Å². The van der Waals surface area contributed by atoms with E-state index in [4.69, 9.17) is 10.5 Å². The molecule has 0 saturated heterocycles. The van der Waals surface area contributed by atoms with Gasteiger partial charge in [0, 0.05) is 33.8 Å². The number of nitrogens with two attached hydrogens (primary N) is 1. The summed E-state index contributed by atoms with van der Waals surface area (Å²) in [4.78, 5) is 13.9. The predicted octanol–water partition coefficient (Wildman–Crippen LogP) is -0.690. The van der Waals surface area contributed by atoms with Crippen molar-refractivity contribution >= 4 is 11.6 Å². The lowest BCUT2D eigenvalue weighted by Crippen LogP contribution is -2.35. The van der Waals surface area contributed by atoms with Gasteiger partial charge in [-0.05, 0) is 7.05 Å². The number of aromatic nitrogens is 2. The number of likely N-dealkylation sites (N-methyl/N-ethyl adjacent to an activating group) is 1. The highest BCUT2D eigenvalue weighted by molar-refractivity contribution is 5.97. The number of nitrogens with zero attached hydrogens (tertiary/aromatic N) is 3. The van der Waals surface area contributed by atoms with E-state index < -0.39 is 0 Å². The zero-order chi connectivity index (χ0) is 13.5. The highest BCUT2D eigenvalue weighted by Gasteiger charge is 2.14. The number of rotatable bonds is 7.